The highest BCUT2D eigenvalue weighted by Gasteiger charge is 2.25. The predicted octanol–water partition coefficient (Wildman–Crippen LogP) is 4.30. The van der Waals surface area contributed by atoms with E-state index in [0.29, 0.717) is 11.1 Å². The van der Waals surface area contributed by atoms with Crippen molar-refractivity contribution in [3.05, 3.63) is 64.2 Å². The Bertz CT molecular complexity index is 851. The van der Waals surface area contributed by atoms with Crippen molar-refractivity contribution in [2.24, 2.45) is 0 Å². The summed E-state index contributed by atoms with van der Waals surface area (Å²) in [5.74, 6) is 0.0244. The number of piperazine rings is 1. The zero-order chi connectivity index (χ0) is 18.7. The Hall–Kier alpha value is -2.35. The molecule has 134 valence electrons. The standard InChI is InChI=1S/C21H22ClN3O/c1-15(18-5-3-4-6-20(18)22)24-9-11-25(12-10-24)21-13-17(14-23)7-8-19(21)16(2)26/h3-8,13,15H,9-12H2,1-2H3. The Labute approximate surface area is 159 Å². The lowest BCUT2D eigenvalue weighted by Crippen LogP contribution is -2.47. The Morgan fingerprint density at radius 2 is 1.85 bits per heavy atom. The maximum absolute atomic E-state index is 12.0. The van der Waals surface area contributed by atoms with Crippen LogP contribution in [0.4, 0.5) is 5.69 Å². The summed E-state index contributed by atoms with van der Waals surface area (Å²) in [5, 5.41) is 9.98. The van der Waals surface area contributed by atoms with Gasteiger partial charge in [-0.25, -0.2) is 0 Å². The lowest BCUT2D eigenvalue weighted by molar-refractivity contribution is 0.101. The Kier molecular flexibility index (Phi) is 5.61. The number of carbonyl (C=O) groups excluding carboxylic acids is 1. The van der Waals surface area contributed by atoms with Gasteiger partial charge in [0.05, 0.1) is 11.6 Å². The van der Waals surface area contributed by atoms with Crippen molar-refractivity contribution < 1.29 is 4.79 Å². The first-order valence-corrected chi connectivity index (χ1v) is 9.17. The van der Waals surface area contributed by atoms with Crippen molar-refractivity contribution in [2.75, 3.05) is 31.1 Å². The van der Waals surface area contributed by atoms with Crippen molar-refractivity contribution in [1.29, 1.82) is 5.26 Å². The highest BCUT2D eigenvalue weighted by atomic mass is 35.5. The number of rotatable bonds is 4. The van der Waals surface area contributed by atoms with Crippen LogP contribution in [0.3, 0.4) is 0 Å². The molecule has 1 atom stereocenters. The van der Waals surface area contributed by atoms with Crippen LogP contribution in [0.15, 0.2) is 42.5 Å². The molecule has 26 heavy (non-hydrogen) atoms. The molecule has 4 nitrogen and oxygen atoms in total. The summed E-state index contributed by atoms with van der Waals surface area (Å²) in [4.78, 5) is 16.6. The minimum Gasteiger partial charge on any atom is -0.368 e. The SMILES string of the molecule is CC(=O)c1ccc(C#N)cc1N1CCN(C(C)c2ccccc2Cl)CC1. The quantitative estimate of drug-likeness (QED) is 0.756. The molecule has 0 radical (unpaired) electrons. The van der Waals surface area contributed by atoms with Gasteiger partial charge in [-0.15, -0.1) is 0 Å². The minimum absolute atomic E-state index is 0.0244. The molecule has 0 aromatic heterocycles. The van der Waals surface area contributed by atoms with Gasteiger partial charge in [-0.3, -0.25) is 9.69 Å². The summed E-state index contributed by atoms with van der Waals surface area (Å²) < 4.78 is 0. The van der Waals surface area contributed by atoms with Crippen LogP contribution in [0.1, 0.15) is 41.4 Å². The van der Waals surface area contributed by atoms with Crippen LogP contribution in [-0.4, -0.2) is 36.9 Å². The molecule has 1 heterocycles. The molecular formula is C21H22ClN3O. The maximum Gasteiger partial charge on any atom is 0.161 e. The Morgan fingerprint density at radius 3 is 2.46 bits per heavy atom. The van der Waals surface area contributed by atoms with E-state index in [4.69, 9.17) is 11.6 Å². The van der Waals surface area contributed by atoms with Gasteiger partial charge in [0.15, 0.2) is 5.78 Å². The summed E-state index contributed by atoms with van der Waals surface area (Å²) in [6.07, 6.45) is 0. The number of halogens is 1. The van der Waals surface area contributed by atoms with E-state index in [1.807, 2.05) is 24.3 Å². The zero-order valence-electron chi connectivity index (χ0n) is 15.1. The molecule has 1 fully saturated rings. The molecule has 0 spiro atoms. The average Bonchev–Trinajstić information content (AvgIpc) is 2.67. The van der Waals surface area contributed by atoms with E-state index in [9.17, 15) is 10.1 Å². The fourth-order valence-electron chi connectivity index (χ4n) is 3.52. The van der Waals surface area contributed by atoms with Crippen molar-refractivity contribution in [2.45, 2.75) is 19.9 Å². The topological polar surface area (TPSA) is 47.3 Å². The van der Waals surface area contributed by atoms with E-state index in [1.165, 1.54) is 0 Å². The largest absolute Gasteiger partial charge is 0.368 e. The van der Waals surface area contributed by atoms with E-state index in [-0.39, 0.29) is 11.8 Å². The molecule has 1 aliphatic rings. The predicted molar refractivity (Wildman–Crippen MR) is 105 cm³/mol. The summed E-state index contributed by atoms with van der Waals surface area (Å²) in [7, 11) is 0. The number of anilines is 1. The van der Waals surface area contributed by atoms with Crippen LogP contribution in [0.25, 0.3) is 0 Å². The molecule has 5 heteroatoms. The van der Waals surface area contributed by atoms with E-state index in [0.717, 1.165) is 42.5 Å². The summed E-state index contributed by atoms with van der Waals surface area (Å²) in [6.45, 7) is 7.11. The number of benzene rings is 2. The van der Waals surface area contributed by atoms with Gasteiger partial charge in [0.1, 0.15) is 0 Å². The first-order valence-electron chi connectivity index (χ1n) is 8.79. The molecule has 1 unspecified atom stereocenters. The van der Waals surface area contributed by atoms with Gasteiger partial charge in [0, 0.05) is 48.5 Å². The second kappa shape index (κ2) is 7.90. The van der Waals surface area contributed by atoms with Gasteiger partial charge in [-0.1, -0.05) is 29.8 Å². The van der Waals surface area contributed by atoms with Gasteiger partial charge in [-0.2, -0.15) is 5.26 Å². The van der Waals surface area contributed by atoms with E-state index >= 15 is 0 Å². The number of carbonyl (C=O) groups is 1. The van der Waals surface area contributed by atoms with Gasteiger partial charge < -0.3 is 4.90 Å². The molecule has 1 aliphatic heterocycles. The second-order valence-electron chi connectivity index (χ2n) is 6.62. The fourth-order valence-corrected chi connectivity index (χ4v) is 3.81. The van der Waals surface area contributed by atoms with Crippen molar-refractivity contribution in [1.82, 2.24) is 4.90 Å². The molecule has 0 N–H and O–H groups in total. The molecular weight excluding hydrogens is 346 g/mol. The van der Waals surface area contributed by atoms with Crippen LogP contribution in [0.2, 0.25) is 5.02 Å². The normalized spacial score (nSPS) is 16.2. The Balaban J connectivity index is 1.76. The average molecular weight is 368 g/mol. The molecule has 2 aromatic carbocycles. The van der Waals surface area contributed by atoms with Gasteiger partial charge >= 0.3 is 0 Å². The number of hydrogen-bond acceptors (Lipinski definition) is 4. The van der Waals surface area contributed by atoms with Gasteiger partial charge in [0.2, 0.25) is 0 Å². The summed E-state index contributed by atoms with van der Waals surface area (Å²) in [5.41, 5.74) is 3.26. The highest BCUT2D eigenvalue weighted by Crippen LogP contribution is 2.30. The van der Waals surface area contributed by atoms with Crippen LogP contribution in [0.5, 0.6) is 0 Å². The maximum atomic E-state index is 12.0. The van der Waals surface area contributed by atoms with Crippen LogP contribution >= 0.6 is 11.6 Å². The third-order valence-corrected chi connectivity index (χ3v) is 5.41. The number of ketones is 1. The van der Waals surface area contributed by atoms with E-state index in [1.54, 1.807) is 19.1 Å². The molecule has 0 aliphatic carbocycles. The number of nitrogens with zero attached hydrogens (tertiary/aromatic N) is 3. The van der Waals surface area contributed by atoms with E-state index in [2.05, 4.69) is 28.9 Å². The lowest BCUT2D eigenvalue weighted by atomic mass is 10.0. The smallest absolute Gasteiger partial charge is 0.161 e. The molecule has 3 rings (SSSR count). The summed E-state index contributed by atoms with van der Waals surface area (Å²) in [6, 6.07) is 15.7. The first kappa shape index (κ1) is 18.4. The molecule has 2 aromatic rings. The van der Waals surface area contributed by atoms with Crippen LogP contribution in [0, 0.1) is 11.3 Å². The van der Waals surface area contributed by atoms with Gasteiger partial charge in [0.25, 0.3) is 0 Å². The third kappa shape index (κ3) is 3.75. The monoisotopic (exact) mass is 367 g/mol. The van der Waals surface area contributed by atoms with Crippen LogP contribution < -0.4 is 4.90 Å². The zero-order valence-corrected chi connectivity index (χ0v) is 15.8. The molecule has 0 amide bonds. The minimum atomic E-state index is 0.0244. The second-order valence-corrected chi connectivity index (χ2v) is 7.03. The lowest BCUT2D eigenvalue weighted by Gasteiger charge is -2.40. The molecule has 0 bridgehead atoms. The summed E-state index contributed by atoms with van der Waals surface area (Å²) >= 11 is 6.35. The van der Waals surface area contributed by atoms with Crippen molar-refractivity contribution in [3.8, 4) is 6.07 Å². The Morgan fingerprint density at radius 1 is 1.15 bits per heavy atom. The van der Waals surface area contributed by atoms with Crippen LogP contribution in [-0.2, 0) is 0 Å². The third-order valence-electron chi connectivity index (χ3n) is 5.06. The number of nitriles is 1. The van der Waals surface area contributed by atoms with E-state index < -0.39 is 0 Å². The van der Waals surface area contributed by atoms with Crippen molar-refractivity contribution >= 4 is 23.1 Å². The number of Topliss-reactive ketones (excluding diaryl/α,β-unsaturated/α-hetero) is 1. The first-order chi connectivity index (χ1) is 12.5. The highest BCUT2D eigenvalue weighted by molar-refractivity contribution is 6.31. The molecule has 1 saturated heterocycles. The van der Waals surface area contributed by atoms with Gasteiger partial charge in [-0.05, 0) is 43.7 Å². The number of hydrogen-bond donors (Lipinski definition) is 0. The molecule has 0 saturated carbocycles. The fraction of sp³-hybridized carbons (Fsp3) is 0.333. The van der Waals surface area contributed by atoms with Crippen molar-refractivity contribution in [3.63, 3.8) is 0 Å².